The number of aromatic amines is 1. The molecule has 1 saturated heterocycles. The quantitative estimate of drug-likeness (QED) is 0.422. The van der Waals surface area contributed by atoms with Crippen molar-refractivity contribution < 1.29 is 18.7 Å². The molecule has 3 heterocycles. The van der Waals surface area contributed by atoms with E-state index in [1.165, 1.54) is 13.2 Å². The summed E-state index contributed by atoms with van der Waals surface area (Å²) in [7, 11) is 1.52. The van der Waals surface area contributed by atoms with Gasteiger partial charge in [-0.05, 0) is 55.2 Å². The number of benzene rings is 1. The summed E-state index contributed by atoms with van der Waals surface area (Å²) in [6.45, 7) is 0.397. The number of halogens is 1. The standard InChI is InChI=1S/C24H27FN6O3/c1-34-18-2-3-19(25)17(14-18)15-24(10-5-22(33)29-24)9-4-21(32)27-13-8-20-28-23(31-30-20)16-6-11-26-12-7-16/h2-3,6-7,11-12,14H,4-5,8-10,13,15H2,1H3,(H,27,32)(H,29,33)(H,28,30,31)/t24-/m1/s1. The first-order chi connectivity index (χ1) is 16.5. The van der Waals surface area contributed by atoms with E-state index in [1.54, 1.807) is 24.5 Å². The highest BCUT2D eigenvalue weighted by atomic mass is 19.1. The first kappa shape index (κ1) is 23.3. The van der Waals surface area contributed by atoms with Gasteiger partial charge in [0, 0.05) is 49.3 Å². The number of methoxy groups -OCH3 is 1. The number of nitrogens with zero attached hydrogens (tertiary/aromatic N) is 3. The molecule has 1 aliphatic rings. The average Bonchev–Trinajstić information content (AvgIpc) is 3.47. The number of rotatable bonds is 10. The van der Waals surface area contributed by atoms with Crippen LogP contribution in [-0.4, -0.2) is 51.2 Å². The van der Waals surface area contributed by atoms with Crippen LogP contribution in [0.25, 0.3) is 11.4 Å². The molecule has 1 aliphatic heterocycles. The lowest BCUT2D eigenvalue weighted by Gasteiger charge is -2.29. The van der Waals surface area contributed by atoms with Crippen molar-refractivity contribution >= 4 is 11.8 Å². The van der Waals surface area contributed by atoms with E-state index in [1.807, 2.05) is 12.1 Å². The topological polar surface area (TPSA) is 122 Å². The van der Waals surface area contributed by atoms with Gasteiger partial charge in [-0.3, -0.25) is 19.7 Å². The summed E-state index contributed by atoms with van der Waals surface area (Å²) in [5, 5.41) is 12.9. The van der Waals surface area contributed by atoms with Crippen molar-refractivity contribution in [3.8, 4) is 17.1 Å². The number of hydrogen-bond donors (Lipinski definition) is 3. The number of pyridine rings is 1. The number of nitrogens with one attached hydrogen (secondary N) is 3. The predicted octanol–water partition coefficient (Wildman–Crippen LogP) is 2.34. The second-order valence-corrected chi connectivity index (χ2v) is 8.40. The van der Waals surface area contributed by atoms with E-state index in [0.717, 1.165) is 5.56 Å². The molecule has 2 amide bonds. The number of ether oxygens (including phenoxy) is 1. The van der Waals surface area contributed by atoms with Crippen molar-refractivity contribution in [1.82, 2.24) is 30.8 Å². The van der Waals surface area contributed by atoms with E-state index in [2.05, 4.69) is 30.8 Å². The Morgan fingerprint density at radius 2 is 2.09 bits per heavy atom. The van der Waals surface area contributed by atoms with Crippen LogP contribution >= 0.6 is 0 Å². The van der Waals surface area contributed by atoms with Gasteiger partial charge >= 0.3 is 0 Å². The lowest BCUT2D eigenvalue weighted by atomic mass is 9.84. The van der Waals surface area contributed by atoms with E-state index < -0.39 is 5.54 Å². The third-order valence-electron chi connectivity index (χ3n) is 6.00. The maximum atomic E-state index is 14.4. The number of amides is 2. The van der Waals surface area contributed by atoms with Gasteiger partial charge in [0.25, 0.3) is 0 Å². The van der Waals surface area contributed by atoms with Crippen molar-refractivity contribution in [3.05, 3.63) is 59.9 Å². The zero-order valence-electron chi connectivity index (χ0n) is 18.9. The highest BCUT2D eigenvalue weighted by molar-refractivity contribution is 5.80. The van der Waals surface area contributed by atoms with Crippen LogP contribution in [0.2, 0.25) is 0 Å². The zero-order chi connectivity index (χ0) is 24.0. The molecular weight excluding hydrogens is 439 g/mol. The van der Waals surface area contributed by atoms with E-state index >= 15 is 0 Å². The first-order valence-electron chi connectivity index (χ1n) is 11.2. The Balaban J connectivity index is 1.30. The van der Waals surface area contributed by atoms with Gasteiger partial charge in [0.05, 0.1) is 7.11 Å². The van der Waals surface area contributed by atoms with Crippen molar-refractivity contribution in [3.63, 3.8) is 0 Å². The van der Waals surface area contributed by atoms with Crippen molar-refractivity contribution in [2.75, 3.05) is 13.7 Å². The molecule has 4 rings (SSSR count). The summed E-state index contributed by atoms with van der Waals surface area (Å²) in [5.41, 5.74) is 0.654. The molecule has 0 spiro atoms. The summed E-state index contributed by atoms with van der Waals surface area (Å²) in [5.74, 6) is 1.21. The van der Waals surface area contributed by atoms with Gasteiger partial charge in [-0.25, -0.2) is 9.37 Å². The van der Waals surface area contributed by atoms with Crippen LogP contribution in [0.15, 0.2) is 42.7 Å². The van der Waals surface area contributed by atoms with Gasteiger partial charge in [-0.1, -0.05) is 0 Å². The molecule has 0 radical (unpaired) electrons. The summed E-state index contributed by atoms with van der Waals surface area (Å²) < 4.78 is 19.6. The van der Waals surface area contributed by atoms with Crippen LogP contribution in [0, 0.1) is 5.82 Å². The highest BCUT2D eigenvalue weighted by Crippen LogP contribution is 2.31. The Kier molecular flexibility index (Phi) is 7.15. The summed E-state index contributed by atoms with van der Waals surface area (Å²) in [4.78, 5) is 32.9. The molecule has 1 aromatic carbocycles. The molecule has 0 unspecified atom stereocenters. The minimum Gasteiger partial charge on any atom is -0.497 e. The molecule has 0 saturated carbocycles. The fourth-order valence-electron chi connectivity index (χ4n) is 4.16. The number of carbonyl (C=O) groups is 2. The molecule has 1 atom stereocenters. The normalized spacial score (nSPS) is 17.4. The van der Waals surface area contributed by atoms with E-state index in [9.17, 15) is 14.0 Å². The van der Waals surface area contributed by atoms with Gasteiger partial charge in [-0.2, -0.15) is 5.10 Å². The third-order valence-corrected chi connectivity index (χ3v) is 6.00. The maximum absolute atomic E-state index is 14.4. The van der Waals surface area contributed by atoms with Crippen LogP contribution < -0.4 is 15.4 Å². The van der Waals surface area contributed by atoms with Gasteiger partial charge in [0.1, 0.15) is 17.4 Å². The minimum atomic E-state index is -0.661. The van der Waals surface area contributed by atoms with E-state index in [0.29, 0.717) is 61.6 Å². The third kappa shape index (κ3) is 5.75. The van der Waals surface area contributed by atoms with Gasteiger partial charge in [0.15, 0.2) is 5.82 Å². The fraction of sp³-hybridized carbons (Fsp3) is 0.375. The lowest BCUT2D eigenvalue weighted by Crippen LogP contribution is -2.44. The molecule has 9 nitrogen and oxygen atoms in total. The summed E-state index contributed by atoms with van der Waals surface area (Å²) >= 11 is 0. The van der Waals surface area contributed by atoms with Gasteiger partial charge in [-0.15, -0.1) is 0 Å². The Morgan fingerprint density at radius 3 is 2.82 bits per heavy atom. The molecule has 2 aromatic heterocycles. The molecule has 0 aliphatic carbocycles. The maximum Gasteiger partial charge on any atom is 0.220 e. The number of carbonyl (C=O) groups excluding carboxylic acids is 2. The van der Waals surface area contributed by atoms with Crippen LogP contribution in [-0.2, 0) is 22.4 Å². The lowest BCUT2D eigenvalue weighted by molar-refractivity contribution is -0.122. The molecule has 3 N–H and O–H groups in total. The predicted molar refractivity (Wildman–Crippen MR) is 122 cm³/mol. The molecule has 1 fully saturated rings. The van der Waals surface area contributed by atoms with Gasteiger partial charge < -0.3 is 15.4 Å². The molecular formula is C24H27FN6O3. The van der Waals surface area contributed by atoms with Crippen LogP contribution in [0.3, 0.4) is 0 Å². The molecule has 10 heteroatoms. The second kappa shape index (κ2) is 10.4. The van der Waals surface area contributed by atoms with E-state index in [4.69, 9.17) is 4.74 Å². The SMILES string of the molecule is COc1ccc(F)c(C[C@@]2(CCC(=O)NCCc3nc(-c4ccncc4)n[nH]3)CCC(=O)N2)c1. The molecule has 0 bridgehead atoms. The molecule has 3 aromatic rings. The van der Waals surface area contributed by atoms with Crippen molar-refractivity contribution in [2.45, 2.75) is 44.1 Å². The average molecular weight is 467 g/mol. The van der Waals surface area contributed by atoms with Crippen LogP contribution in [0.1, 0.15) is 37.1 Å². The highest BCUT2D eigenvalue weighted by Gasteiger charge is 2.38. The number of aromatic nitrogens is 4. The van der Waals surface area contributed by atoms with Gasteiger partial charge in [0.2, 0.25) is 11.8 Å². The summed E-state index contributed by atoms with van der Waals surface area (Å²) in [6, 6.07) is 8.20. The molecule has 178 valence electrons. The zero-order valence-corrected chi connectivity index (χ0v) is 18.9. The molecule has 34 heavy (non-hydrogen) atoms. The fourth-order valence-corrected chi connectivity index (χ4v) is 4.16. The van der Waals surface area contributed by atoms with Crippen molar-refractivity contribution in [1.29, 1.82) is 0 Å². The number of hydrogen-bond acceptors (Lipinski definition) is 6. The minimum absolute atomic E-state index is 0.0842. The smallest absolute Gasteiger partial charge is 0.220 e. The van der Waals surface area contributed by atoms with E-state index in [-0.39, 0.29) is 24.1 Å². The monoisotopic (exact) mass is 466 g/mol. The summed E-state index contributed by atoms with van der Waals surface area (Å²) in [6.07, 6.45) is 5.68. The largest absolute Gasteiger partial charge is 0.497 e. The van der Waals surface area contributed by atoms with Crippen molar-refractivity contribution in [2.24, 2.45) is 0 Å². The van der Waals surface area contributed by atoms with Crippen LogP contribution in [0.5, 0.6) is 5.75 Å². The second-order valence-electron chi connectivity index (χ2n) is 8.40. The Bertz CT molecular complexity index is 1150. The Hall–Kier alpha value is -3.82. The Morgan fingerprint density at radius 1 is 1.26 bits per heavy atom. The van der Waals surface area contributed by atoms with Crippen LogP contribution in [0.4, 0.5) is 4.39 Å². The first-order valence-corrected chi connectivity index (χ1v) is 11.2. The number of H-pyrrole nitrogens is 1. The Labute approximate surface area is 196 Å².